The predicted molar refractivity (Wildman–Crippen MR) is 209 cm³/mol. The maximum atomic E-state index is 12.0. The molecule has 0 radical (unpaired) electrons. The Morgan fingerprint density at radius 3 is 1.04 bits per heavy atom. The van der Waals surface area contributed by atoms with Crippen LogP contribution in [0.25, 0.3) is 0 Å². The summed E-state index contributed by atoms with van der Waals surface area (Å²) in [7, 11) is 0. The first-order chi connectivity index (χ1) is 23.7. The van der Waals surface area contributed by atoms with Crippen LogP contribution >= 0.6 is 0 Å². The molecule has 48 heavy (non-hydrogen) atoms. The van der Waals surface area contributed by atoms with Crippen LogP contribution in [0, 0.1) is 0 Å². The summed E-state index contributed by atoms with van der Waals surface area (Å²) in [6, 6.07) is 0. The van der Waals surface area contributed by atoms with E-state index in [1.165, 1.54) is 205 Å². The summed E-state index contributed by atoms with van der Waals surface area (Å²) in [5, 5.41) is 8.65. The molecule has 0 spiro atoms. The van der Waals surface area contributed by atoms with Crippen LogP contribution in [0.1, 0.15) is 251 Å². The third kappa shape index (κ3) is 42.7. The molecule has 0 heterocycles. The number of aliphatic carboxylic acids is 1. The van der Waals surface area contributed by atoms with Crippen LogP contribution in [0.3, 0.4) is 0 Å². The van der Waals surface area contributed by atoms with Gasteiger partial charge in [0, 0.05) is 12.8 Å². The van der Waals surface area contributed by atoms with Crippen LogP contribution in [0.4, 0.5) is 0 Å². The van der Waals surface area contributed by atoms with Crippen LogP contribution in [-0.4, -0.2) is 23.7 Å². The number of rotatable bonds is 41. The predicted octanol–water partition coefficient (Wildman–Crippen LogP) is 15.0. The Hall–Kier alpha value is -1.32. The van der Waals surface area contributed by atoms with Gasteiger partial charge in [0.15, 0.2) is 0 Å². The lowest BCUT2D eigenvalue weighted by molar-refractivity contribution is -0.144. The van der Waals surface area contributed by atoms with Gasteiger partial charge in [-0.3, -0.25) is 9.59 Å². The minimum Gasteiger partial charge on any atom is -0.481 e. The van der Waals surface area contributed by atoms with Gasteiger partial charge in [-0.15, -0.1) is 0 Å². The normalized spacial score (nSPS) is 11.5. The van der Waals surface area contributed by atoms with Crippen molar-refractivity contribution in [3.63, 3.8) is 0 Å². The summed E-state index contributed by atoms with van der Waals surface area (Å²) in [5.74, 6) is -0.652. The van der Waals surface area contributed by atoms with Gasteiger partial charge in [0.2, 0.25) is 0 Å². The van der Waals surface area contributed by atoms with Gasteiger partial charge in [-0.2, -0.15) is 0 Å². The summed E-state index contributed by atoms with van der Waals surface area (Å²) in [4.78, 5) is 22.5. The van der Waals surface area contributed by atoms with E-state index in [9.17, 15) is 9.59 Å². The van der Waals surface area contributed by atoms with E-state index in [0.717, 1.165) is 25.7 Å². The highest BCUT2D eigenvalue weighted by atomic mass is 16.5. The first kappa shape index (κ1) is 46.7. The highest BCUT2D eigenvalue weighted by molar-refractivity contribution is 5.69. The molecule has 0 aromatic heterocycles. The fraction of sp³-hybridized carbons (Fsp3) is 0.909. The van der Waals surface area contributed by atoms with Gasteiger partial charge < -0.3 is 9.84 Å². The molecule has 0 saturated heterocycles. The summed E-state index contributed by atoms with van der Waals surface area (Å²) in [5.41, 5.74) is 0. The minimum absolute atomic E-state index is 0.0104. The molecular formula is C44H84O4. The average Bonchev–Trinajstić information content (AvgIpc) is 3.08. The van der Waals surface area contributed by atoms with E-state index in [1.54, 1.807) is 0 Å². The van der Waals surface area contributed by atoms with Gasteiger partial charge in [-0.05, 0) is 44.9 Å². The minimum atomic E-state index is -0.662. The number of allylic oxidation sites excluding steroid dienone is 2. The lowest BCUT2D eigenvalue weighted by Crippen LogP contribution is -2.05. The molecule has 0 atom stereocenters. The molecule has 0 amide bonds. The number of esters is 1. The first-order valence-electron chi connectivity index (χ1n) is 21.7. The zero-order valence-electron chi connectivity index (χ0n) is 32.4. The second kappa shape index (κ2) is 41.8. The van der Waals surface area contributed by atoms with Crippen LogP contribution in [-0.2, 0) is 14.3 Å². The molecule has 0 aromatic rings. The maximum absolute atomic E-state index is 12.0. The van der Waals surface area contributed by atoms with Crippen molar-refractivity contribution >= 4 is 11.9 Å². The van der Waals surface area contributed by atoms with Crippen molar-refractivity contribution in [3.8, 4) is 0 Å². The van der Waals surface area contributed by atoms with Crippen LogP contribution in [0.2, 0.25) is 0 Å². The fourth-order valence-corrected chi connectivity index (χ4v) is 6.69. The van der Waals surface area contributed by atoms with E-state index in [4.69, 9.17) is 9.84 Å². The fourth-order valence-electron chi connectivity index (χ4n) is 6.69. The topological polar surface area (TPSA) is 63.6 Å². The third-order valence-electron chi connectivity index (χ3n) is 9.94. The summed E-state index contributed by atoms with van der Waals surface area (Å²) in [6.45, 7) is 2.90. The van der Waals surface area contributed by atoms with E-state index in [1.807, 2.05) is 0 Å². The molecular weight excluding hydrogens is 592 g/mol. The number of unbranched alkanes of at least 4 members (excludes halogenated alkanes) is 33. The van der Waals surface area contributed by atoms with Gasteiger partial charge >= 0.3 is 11.9 Å². The number of hydrogen-bond donors (Lipinski definition) is 1. The van der Waals surface area contributed by atoms with Gasteiger partial charge in [0.1, 0.15) is 0 Å². The van der Waals surface area contributed by atoms with Crippen molar-refractivity contribution in [2.75, 3.05) is 6.61 Å². The molecule has 284 valence electrons. The second-order valence-electron chi connectivity index (χ2n) is 14.8. The number of carboxylic acids is 1. The van der Waals surface area contributed by atoms with Crippen molar-refractivity contribution in [2.24, 2.45) is 0 Å². The van der Waals surface area contributed by atoms with Crippen LogP contribution in [0.15, 0.2) is 12.2 Å². The molecule has 0 fully saturated rings. The molecule has 1 N–H and O–H groups in total. The number of carboxylic acid groups (broad SMARTS) is 1. The molecule has 4 nitrogen and oxygen atoms in total. The van der Waals surface area contributed by atoms with E-state index < -0.39 is 5.97 Å². The third-order valence-corrected chi connectivity index (χ3v) is 9.94. The standard InChI is InChI=1S/C44H84O4/c1-2-3-4-5-6-7-8-9-10-11-12-13-14-17-20-23-26-29-32-35-38-41-44(47)48-42-39-36-33-30-27-24-21-18-15-16-19-22-25-28-31-34-37-40-43(45)46/h9-10H,2-8,11-42H2,1H3,(H,45,46). The van der Waals surface area contributed by atoms with E-state index in [0.29, 0.717) is 19.4 Å². The number of ether oxygens (including phenoxy) is 1. The quantitative estimate of drug-likeness (QED) is 0.0398. The Labute approximate surface area is 300 Å². The smallest absolute Gasteiger partial charge is 0.305 e. The molecule has 0 aromatic carbocycles. The molecule has 0 unspecified atom stereocenters. The van der Waals surface area contributed by atoms with E-state index in [-0.39, 0.29) is 5.97 Å². The molecule has 0 aliphatic rings. The van der Waals surface area contributed by atoms with Crippen molar-refractivity contribution in [1.82, 2.24) is 0 Å². The van der Waals surface area contributed by atoms with E-state index >= 15 is 0 Å². The Kier molecular flexibility index (Phi) is 40.7. The Balaban J connectivity index is 3.18. The second-order valence-corrected chi connectivity index (χ2v) is 14.8. The van der Waals surface area contributed by atoms with Crippen molar-refractivity contribution < 1.29 is 19.4 Å². The Morgan fingerprint density at radius 1 is 0.396 bits per heavy atom. The van der Waals surface area contributed by atoms with Gasteiger partial charge in [-0.1, -0.05) is 205 Å². The summed E-state index contributed by atoms with van der Waals surface area (Å²) >= 11 is 0. The maximum Gasteiger partial charge on any atom is 0.305 e. The Bertz CT molecular complexity index is 673. The molecule has 4 heteroatoms. The molecule has 0 aliphatic heterocycles. The Morgan fingerprint density at radius 2 is 0.688 bits per heavy atom. The van der Waals surface area contributed by atoms with Gasteiger partial charge in [0.25, 0.3) is 0 Å². The number of carbonyl (C=O) groups is 2. The monoisotopic (exact) mass is 677 g/mol. The van der Waals surface area contributed by atoms with Gasteiger partial charge in [0.05, 0.1) is 6.61 Å². The molecule has 0 saturated carbocycles. The SMILES string of the molecule is CCCCCCCCC=CCCCCCCCCCCCCCC(=O)OCCCCCCCCCCCCCCCCCCCC(=O)O. The summed E-state index contributed by atoms with van der Waals surface area (Å²) in [6.07, 6.45) is 52.5. The van der Waals surface area contributed by atoms with Crippen molar-refractivity contribution in [1.29, 1.82) is 0 Å². The highest BCUT2D eigenvalue weighted by Gasteiger charge is 2.03. The lowest BCUT2D eigenvalue weighted by atomic mass is 10.0. The van der Waals surface area contributed by atoms with Gasteiger partial charge in [-0.25, -0.2) is 0 Å². The average molecular weight is 677 g/mol. The van der Waals surface area contributed by atoms with Crippen LogP contribution in [0.5, 0.6) is 0 Å². The molecule has 0 aliphatic carbocycles. The zero-order chi connectivity index (χ0) is 34.9. The lowest BCUT2D eigenvalue weighted by Gasteiger charge is -2.06. The first-order valence-corrected chi connectivity index (χ1v) is 21.7. The highest BCUT2D eigenvalue weighted by Crippen LogP contribution is 2.16. The van der Waals surface area contributed by atoms with Crippen molar-refractivity contribution in [2.45, 2.75) is 251 Å². The summed E-state index contributed by atoms with van der Waals surface area (Å²) < 4.78 is 5.46. The molecule has 0 rings (SSSR count). The zero-order valence-corrected chi connectivity index (χ0v) is 32.4. The molecule has 0 bridgehead atoms. The number of hydrogen-bond acceptors (Lipinski definition) is 3. The van der Waals surface area contributed by atoms with Crippen molar-refractivity contribution in [3.05, 3.63) is 12.2 Å². The number of carbonyl (C=O) groups excluding carboxylic acids is 1. The van der Waals surface area contributed by atoms with Crippen LogP contribution < -0.4 is 0 Å². The van der Waals surface area contributed by atoms with E-state index in [2.05, 4.69) is 19.1 Å². The largest absolute Gasteiger partial charge is 0.481 e.